The quantitative estimate of drug-likeness (QED) is 0.752. The highest BCUT2D eigenvalue weighted by molar-refractivity contribution is 5.82. The van der Waals surface area contributed by atoms with Gasteiger partial charge in [-0.3, -0.25) is 9.59 Å². The van der Waals surface area contributed by atoms with E-state index < -0.39 is 0 Å². The summed E-state index contributed by atoms with van der Waals surface area (Å²) < 4.78 is 5.83. The van der Waals surface area contributed by atoms with E-state index >= 15 is 0 Å². The summed E-state index contributed by atoms with van der Waals surface area (Å²) in [5.41, 5.74) is 2.32. The van der Waals surface area contributed by atoms with Gasteiger partial charge in [0.2, 0.25) is 11.8 Å². The molecule has 6 heteroatoms. The van der Waals surface area contributed by atoms with Crippen LogP contribution in [0.3, 0.4) is 0 Å². The minimum absolute atomic E-state index is 0.0384. The maximum Gasteiger partial charge on any atom is 0.237 e. The Morgan fingerprint density at radius 1 is 1.25 bits per heavy atom. The summed E-state index contributed by atoms with van der Waals surface area (Å²) in [6.07, 6.45) is 4.42. The number of nitrogens with one attached hydrogen (secondary N) is 2. The number of ether oxygens (including phenoxy) is 1. The van der Waals surface area contributed by atoms with Crippen LogP contribution >= 0.6 is 0 Å². The van der Waals surface area contributed by atoms with Gasteiger partial charge in [0.15, 0.2) is 0 Å². The zero-order valence-corrected chi connectivity index (χ0v) is 17.1. The molecule has 2 aliphatic heterocycles. The molecule has 2 saturated heterocycles. The van der Waals surface area contributed by atoms with Gasteiger partial charge in [0.05, 0.1) is 19.1 Å². The van der Waals surface area contributed by atoms with E-state index in [9.17, 15) is 9.59 Å². The molecule has 0 saturated carbocycles. The maximum absolute atomic E-state index is 12.6. The minimum atomic E-state index is -0.0384. The fraction of sp³-hybridized carbons (Fsp3) is 0.636. The third-order valence-corrected chi connectivity index (χ3v) is 5.94. The van der Waals surface area contributed by atoms with E-state index in [1.807, 2.05) is 24.0 Å². The first kappa shape index (κ1) is 20.6. The number of hydrogen-bond acceptors (Lipinski definition) is 4. The summed E-state index contributed by atoms with van der Waals surface area (Å²) in [6, 6.07) is 5.95. The van der Waals surface area contributed by atoms with E-state index in [2.05, 4.69) is 23.6 Å². The first-order valence-corrected chi connectivity index (χ1v) is 10.5. The van der Waals surface area contributed by atoms with Crippen molar-refractivity contribution < 1.29 is 14.3 Å². The number of carbonyl (C=O) groups excluding carboxylic acids is 2. The lowest BCUT2D eigenvalue weighted by molar-refractivity contribution is -0.133. The number of amides is 2. The normalized spacial score (nSPS) is 22.1. The highest BCUT2D eigenvalue weighted by atomic mass is 16.5. The Morgan fingerprint density at radius 3 is 2.89 bits per heavy atom. The molecular formula is C22H33N3O3. The van der Waals surface area contributed by atoms with Gasteiger partial charge in [-0.15, -0.1) is 0 Å². The predicted molar refractivity (Wildman–Crippen MR) is 109 cm³/mol. The molecule has 0 aliphatic carbocycles. The van der Waals surface area contributed by atoms with Crippen LogP contribution in [0.1, 0.15) is 43.2 Å². The number of aryl methyl sites for hydroxylation is 1. The van der Waals surface area contributed by atoms with E-state index in [0.29, 0.717) is 25.5 Å². The zero-order valence-electron chi connectivity index (χ0n) is 17.1. The first-order chi connectivity index (χ1) is 13.5. The van der Waals surface area contributed by atoms with Crippen molar-refractivity contribution in [1.29, 1.82) is 0 Å². The number of carbonyl (C=O) groups is 2. The Morgan fingerprint density at radius 2 is 2.11 bits per heavy atom. The van der Waals surface area contributed by atoms with Crippen molar-refractivity contribution in [2.24, 2.45) is 5.92 Å². The maximum atomic E-state index is 12.6. The van der Waals surface area contributed by atoms with E-state index in [1.165, 1.54) is 5.56 Å². The summed E-state index contributed by atoms with van der Waals surface area (Å²) in [6.45, 7) is 7.60. The highest BCUT2D eigenvalue weighted by Gasteiger charge is 2.26. The van der Waals surface area contributed by atoms with Gasteiger partial charge in [-0.05, 0) is 69.2 Å². The summed E-state index contributed by atoms with van der Waals surface area (Å²) in [4.78, 5) is 26.7. The molecule has 2 N–H and O–H groups in total. The smallest absolute Gasteiger partial charge is 0.237 e. The molecule has 3 rings (SSSR count). The molecule has 154 valence electrons. The Labute approximate surface area is 168 Å². The molecule has 0 aromatic heterocycles. The van der Waals surface area contributed by atoms with Gasteiger partial charge in [0.1, 0.15) is 5.75 Å². The molecule has 6 nitrogen and oxygen atoms in total. The Balaban J connectivity index is 1.40. The predicted octanol–water partition coefficient (Wildman–Crippen LogP) is 2.18. The Bertz CT molecular complexity index is 686. The Hall–Kier alpha value is -2.08. The van der Waals surface area contributed by atoms with Gasteiger partial charge < -0.3 is 20.3 Å². The standard InChI is InChI=1S/C22H33N3O3/c1-16-6-3-9-20(17(16)2)28-13-10-21(26)25-12-5-7-18(15-25)14-24-22(27)19-8-4-11-23-19/h3,6,9,18-19,23H,4-5,7-8,10-15H2,1-2H3,(H,24,27). The molecule has 2 aliphatic rings. The minimum Gasteiger partial charge on any atom is -0.493 e. The van der Waals surface area contributed by atoms with Crippen LogP contribution in [0.5, 0.6) is 5.75 Å². The molecule has 28 heavy (non-hydrogen) atoms. The first-order valence-electron chi connectivity index (χ1n) is 10.5. The second-order valence-corrected chi connectivity index (χ2v) is 8.04. The van der Waals surface area contributed by atoms with Crippen LogP contribution in [-0.2, 0) is 9.59 Å². The molecule has 2 amide bonds. The molecule has 2 unspecified atom stereocenters. The van der Waals surface area contributed by atoms with Crippen molar-refractivity contribution in [3.05, 3.63) is 29.3 Å². The molecule has 1 aromatic carbocycles. The molecule has 0 bridgehead atoms. The Kier molecular flexibility index (Phi) is 7.31. The van der Waals surface area contributed by atoms with Crippen molar-refractivity contribution >= 4 is 11.8 Å². The lowest BCUT2D eigenvalue weighted by Gasteiger charge is -2.33. The van der Waals surface area contributed by atoms with Gasteiger partial charge in [-0.2, -0.15) is 0 Å². The van der Waals surface area contributed by atoms with Gasteiger partial charge in [0, 0.05) is 19.6 Å². The van der Waals surface area contributed by atoms with Crippen LogP contribution in [0.25, 0.3) is 0 Å². The van der Waals surface area contributed by atoms with Crippen LogP contribution < -0.4 is 15.4 Å². The summed E-state index contributed by atoms with van der Waals surface area (Å²) in [7, 11) is 0. The number of piperidine rings is 1. The van der Waals surface area contributed by atoms with E-state index in [1.54, 1.807) is 0 Å². The van der Waals surface area contributed by atoms with Crippen LogP contribution in [-0.4, -0.2) is 55.5 Å². The monoisotopic (exact) mass is 387 g/mol. The van der Waals surface area contributed by atoms with Gasteiger partial charge >= 0.3 is 0 Å². The van der Waals surface area contributed by atoms with E-state index in [-0.39, 0.29) is 17.9 Å². The van der Waals surface area contributed by atoms with Crippen molar-refractivity contribution in [2.75, 3.05) is 32.8 Å². The lowest BCUT2D eigenvalue weighted by atomic mass is 9.97. The average molecular weight is 388 g/mol. The van der Waals surface area contributed by atoms with Crippen molar-refractivity contribution in [3.8, 4) is 5.75 Å². The second kappa shape index (κ2) is 9.92. The van der Waals surface area contributed by atoms with Crippen LogP contribution in [0.2, 0.25) is 0 Å². The van der Waals surface area contributed by atoms with Crippen LogP contribution in [0.15, 0.2) is 18.2 Å². The molecule has 2 heterocycles. The third-order valence-electron chi connectivity index (χ3n) is 5.94. The van der Waals surface area contributed by atoms with Crippen LogP contribution in [0.4, 0.5) is 0 Å². The molecule has 1 aromatic rings. The number of likely N-dealkylation sites (tertiary alicyclic amines) is 1. The topological polar surface area (TPSA) is 70.7 Å². The fourth-order valence-corrected chi connectivity index (χ4v) is 4.02. The summed E-state index contributed by atoms with van der Waals surface area (Å²) >= 11 is 0. The number of nitrogens with zero attached hydrogens (tertiary/aromatic N) is 1. The van der Waals surface area contributed by atoms with Crippen LogP contribution in [0, 0.1) is 19.8 Å². The number of hydrogen-bond donors (Lipinski definition) is 2. The fourth-order valence-electron chi connectivity index (χ4n) is 4.02. The number of benzene rings is 1. The highest BCUT2D eigenvalue weighted by Crippen LogP contribution is 2.21. The van der Waals surface area contributed by atoms with Gasteiger partial charge in [-0.25, -0.2) is 0 Å². The summed E-state index contributed by atoms with van der Waals surface area (Å²) in [5.74, 6) is 1.43. The molecule has 0 radical (unpaired) electrons. The van der Waals surface area contributed by atoms with Crippen molar-refractivity contribution in [2.45, 2.75) is 52.0 Å². The van der Waals surface area contributed by atoms with E-state index in [4.69, 9.17) is 4.74 Å². The zero-order chi connectivity index (χ0) is 19.9. The van der Waals surface area contributed by atoms with Gasteiger partial charge in [0.25, 0.3) is 0 Å². The largest absolute Gasteiger partial charge is 0.493 e. The lowest BCUT2D eigenvalue weighted by Crippen LogP contribution is -2.46. The van der Waals surface area contributed by atoms with E-state index in [0.717, 1.165) is 56.6 Å². The average Bonchev–Trinajstić information content (AvgIpc) is 3.24. The second-order valence-electron chi connectivity index (χ2n) is 8.04. The SMILES string of the molecule is Cc1cccc(OCCC(=O)N2CCCC(CNC(=O)C3CCCN3)C2)c1C. The molecule has 0 spiro atoms. The third kappa shape index (κ3) is 5.47. The number of rotatable bonds is 7. The molecular weight excluding hydrogens is 354 g/mol. The van der Waals surface area contributed by atoms with Crippen molar-refractivity contribution in [3.63, 3.8) is 0 Å². The molecule has 2 atom stereocenters. The van der Waals surface area contributed by atoms with Crippen molar-refractivity contribution in [1.82, 2.24) is 15.5 Å². The molecule has 2 fully saturated rings. The summed E-state index contributed by atoms with van der Waals surface area (Å²) in [5, 5.41) is 6.29. The van der Waals surface area contributed by atoms with Gasteiger partial charge in [-0.1, -0.05) is 12.1 Å².